The van der Waals surface area contributed by atoms with Gasteiger partial charge in [0.1, 0.15) is 6.04 Å². The fourth-order valence-electron chi connectivity index (χ4n) is 10.0. The van der Waals surface area contributed by atoms with Gasteiger partial charge in [-0.05, 0) is 76.2 Å². The average Bonchev–Trinajstić information content (AvgIpc) is 3.37. The zero-order valence-electron chi connectivity index (χ0n) is 44.5. The zero-order valence-corrected chi connectivity index (χ0v) is 44.5. The fourth-order valence-corrected chi connectivity index (χ4v) is 10.0. The lowest BCUT2D eigenvalue weighted by atomic mass is 9.92. The lowest BCUT2D eigenvalue weighted by Gasteiger charge is -2.20. The van der Waals surface area contributed by atoms with Gasteiger partial charge in [-0.2, -0.15) is 0 Å². The highest BCUT2D eigenvalue weighted by Crippen LogP contribution is 2.40. The van der Waals surface area contributed by atoms with Crippen molar-refractivity contribution in [2.75, 3.05) is 19.8 Å². The van der Waals surface area contributed by atoms with Gasteiger partial charge in [0.15, 0.2) is 11.5 Å². The van der Waals surface area contributed by atoms with Crippen molar-refractivity contribution < 1.29 is 23.8 Å². The third kappa shape index (κ3) is 19.6. The van der Waals surface area contributed by atoms with E-state index in [4.69, 9.17) is 14.2 Å². The number of nitrogens with one attached hydrogen (secondary N) is 2. The van der Waals surface area contributed by atoms with E-state index in [1.165, 1.54) is 181 Å². The van der Waals surface area contributed by atoms with Gasteiger partial charge in [-0.25, -0.2) is 0 Å². The first-order valence-corrected chi connectivity index (χ1v) is 28.8. The molecule has 5 rings (SSSR count). The van der Waals surface area contributed by atoms with Gasteiger partial charge < -0.3 is 24.8 Å². The van der Waals surface area contributed by atoms with Crippen molar-refractivity contribution in [1.82, 2.24) is 10.6 Å². The molecule has 0 aliphatic heterocycles. The predicted molar refractivity (Wildman–Crippen MR) is 297 cm³/mol. The van der Waals surface area contributed by atoms with Crippen LogP contribution in [0.4, 0.5) is 0 Å². The maximum atomic E-state index is 14.2. The molecule has 0 aliphatic rings. The number of hydrogen-bond donors (Lipinski definition) is 2. The van der Waals surface area contributed by atoms with Crippen molar-refractivity contribution in [1.29, 1.82) is 0 Å². The van der Waals surface area contributed by atoms with Gasteiger partial charge in [-0.15, -0.1) is 0 Å². The second-order valence-electron chi connectivity index (χ2n) is 20.4. The molecule has 0 radical (unpaired) electrons. The molecule has 386 valence electrons. The molecule has 7 nitrogen and oxygen atoms in total. The van der Waals surface area contributed by atoms with Gasteiger partial charge in [0.05, 0.1) is 19.8 Å². The Morgan fingerprint density at radius 3 is 1.30 bits per heavy atom. The van der Waals surface area contributed by atoms with Gasteiger partial charge in [0.25, 0.3) is 5.91 Å². The molecule has 2 N–H and O–H groups in total. The summed E-state index contributed by atoms with van der Waals surface area (Å²) in [6.45, 7) is 10.5. The summed E-state index contributed by atoms with van der Waals surface area (Å²) in [6, 6.07) is 22.1. The van der Waals surface area contributed by atoms with E-state index >= 15 is 0 Å². The monoisotopic (exact) mass is 959 g/mol. The molecule has 7 heteroatoms. The van der Waals surface area contributed by atoms with Crippen molar-refractivity contribution in [3.63, 3.8) is 0 Å². The van der Waals surface area contributed by atoms with Crippen LogP contribution in [0.3, 0.4) is 0 Å². The van der Waals surface area contributed by atoms with Crippen LogP contribution >= 0.6 is 0 Å². The van der Waals surface area contributed by atoms with Crippen LogP contribution in [-0.4, -0.2) is 37.7 Å². The summed E-state index contributed by atoms with van der Waals surface area (Å²) in [4.78, 5) is 27.8. The van der Waals surface area contributed by atoms with E-state index in [0.717, 1.165) is 49.5 Å². The first-order valence-electron chi connectivity index (χ1n) is 28.8. The normalized spacial score (nSPS) is 12.0. The van der Waals surface area contributed by atoms with Gasteiger partial charge >= 0.3 is 0 Å². The van der Waals surface area contributed by atoms with Crippen LogP contribution in [-0.2, 0) is 11.3 Å². The molecule has 1 atom stereocenters. The summed E-state index contributed by atoms with van der Waals surface area (Å²) in [5.41, 5.74) is 1.44. The van der Waals surface area contributed by atoms with Gasteiger partial charge in [0.2, 0.25) is 11.7 Å². The smallest absolute Gasteiger partial charge is 0.252 e. The summed E-state index contributed by atoms with van der Waals surface area (Å²) in [5, 5.41) is 13.3. The Kier molecular flexibility index (Phi) is 27.4. The van der Waals surface area contributed by atoms with Crippen LogP contribution in [0.25, 0.3) is 32.3 Å². The molecule has 5 aromatic rings. The standard InChI is InChI=1S/C63H94N2O5/c1-5-8-11-14-17-20-23-26-29-32-44-68-57-47-55(63(67)65-50(4)62(66)64-49-54-41-40-53-39-38-51-36-35-37-52-42-43-56(54)60(53)59(51)52)48-58(69-45-33-30-27-24-21-18-15-12-9-6-2)61(57)70-46-34-31-28-25-22-19-16-13-10-7-3/h35-43,47-48,50H,5-34,44-46,49H2,1-4H3,(H,64,66)(H,65,67)/t50-/m1/s1. The molecule has 0 aliphatic carbocycles. The second-order valence-corrected chi connectivity index (χ2v) is 20.4. The maximum absolute atomic E-state index is 14.2. The number of ether oxygens (including phenoxy) is 3. The summed E-state index contributed by atoms with van der Waals surface area (Å²) in [5.74, 6) is 1.08. The number of hydrogen-bond acceptors (Lipinski definition) is 5. The highest BCUT2D eigenvalue weighted by molar-refractivity contribution is 6.23. The van der Waals surface area contributed by atoms with Crippen LogP contribution in [0.5, 0.6) is 17.2 Å². The number of benzene rings is 5. The van der Waals surface area contributed by atoms with Crippen LogP contribution in [0.2, 0.25) is 0 Å². The molecule has 0 saturated carbocycles. The number of unbranched alkanes of at least 4 members (excludes halogenated alkanes) is 27. The zero-order chi connectivity index (χ0) is 49.4. The Hall–Kier alpha value is -4.52. The van der Waals surface area contributed by atoms with E-state index in [1.54, 1.807) is 19.1 Å². The minimum Gasteiger partial charge on any atom is -0.490 e. The minimum atomic E-state index is -0.772. The molecule has 0 bridgehead atoms. The molecular formula is C63H94N2O5. The first-order chi connectivity index (χ1) is 34.4. The van der Waals surface area contributed by atoms with E-state index in [9.17, 15) is 9.59 Å². The Bertz CT molecular complexity index is 2140. The quantitative estimate of drug-likeness (QED) is 0.0301. The van der Waals surface area contributed by atoms with E-state index < -0.39 is 6.04 Å². The van der Waals surface area contributed by atoms with Gasteiger partial charge in [0, 0.05) is 12.1 Å². The third-order valence-corrected chi connectivity index (χ3v) is 14.4. The SMILES string of the molecule is CCCCCCCCCCCCOc1cc(C(=O)N[C@H](C)C(=O)NCc2ccc3ccc4cccc5ccc2c3c45)cc(OCCCCCCCCCCCC)c1OCCCCCCCCCCCC. The largest absolute Gasteiger partial charge is 0.490 e. The highest BCUT2D eigenvalue weighted by Gasteiger charge is 2.23. The van der Waals surface area contributed by atoms with Crippen LogP contribution in [0.1, 0.15) is 236 Å². The average molecular weight is 959 g/mol. The molecule has 2 amide bonds. The first kappa shape index (κ1) is 56.4. The molecule has 5 aromatic carbocycles. The summed E-state index contributed by atoms with van der Waals surface area (Å²) in [7, 11) is 0. The van der Waals surface area contributed by atoms with Crippen LogP contribution < -0.4 is 24.8 Å². The van der Waals surface area contributed by atoms with Crippen LogP contribution in [0.15, 0.2) is 66.7 Å². The summed E-state index contributed by atoms with van der Waals surface area (Å²) < 4.78 is 19.7. The molecular weight excluding hydrogens is 865 g/mol. The number of rotatable bonds is 41. The van der Waals surface area contributed by atoms with Crippen molar-refractivity contribution in [3.05, 3.63) is 77.9 Å². The highest BCUT2D eigenvalue weighted by atomic mass is 16.5. The van der Waals surface area contributed by atoms with Crippen molar-refractivity contribution in [2.45, 2.75) is 233 Å². The molecule has 70 heavy (non-hydrogen) atoms. The topological polar surface area (TPSA) is 85.9 Å². The van der Waals surface area contributed by atoms with Crippen molar-refractivity contribution in [2.24, 2.45) is 0 Å². The predicted octanol–water partition coefficient (Wildman–Crippen LogP) is 17.9. The van der Waals surface area contributed by atoms with Crippen molar-refractivity contribution in [3.8, 4) is 17.2 Å². The molecule has 0 spiro atoms. The van der Waals surface area contributed by atoms with E-state index in [1.807, 2.05) is 0 Å². The van der Waals surface area contributed by atoms with E-state index in [-0.39, 0.29) is 11.8 Å². The van der Waals surface area contributed by atoms with Gasteiger partial charge in [-0.3, -0.25) is 9.59 Å². The van der Waals surface area contributed by atoms with Crippen molar-refractivity contribution >= 4 is 44.1 Å². The lowest BCUT2D eigenvalue weighted by Crippen LogP contribution is -2.44. The Morgan fingerprint density at radius 1 is 0.457 bits per heavy atom. The molecule has 0 saturated heterocycles. The molecule has 0 fully saturated rings. The summed E-state index contributed by atoms with van der Waals surface area (Å²) >= 11 is 0. The molecule has 0 unspecified atom stereocenters. The fraction of sp³-hybridized carbons (Fsp3) is 0.619. The lowest BCUT2D eigenvalue weighted by molar-refractivity contribution is -0.122. The Labute approximate surface area is 424 Å². The van der Waals surface area contributed by atoms with Crippen LogP contribution in [0, 0.1) is 0 Å². The molecule has 0 heterocycles. The molecule has 0 aromatic heterocycles. The second kappa shape index (κ2) is 34.0. The summed E-state index contributed by atoms with van der Waals surface area (Å²) in [6.07, 6.45) is 37.5. The Balaban J connectivity index is 1.23. The number of amides is 2. The van der Waals surface area contributed by atoms with Gasteiger partial charge in [-0.1, -0.05) is 249 Å². The minimum absolute atomic E-state index is 0.245. The Morgan fingerprint density at radius 2 is 0.843 bits per heavy atom. The maximum Gasteiger partial charge on any atom is 0.252 e. The van der Waals surface area contributed by atoms with E-state index in [2.05, 4.69) is 86.0 Å². The third-order valence-electron chi connectivity index (χ3n) is 14.4. The number of carbonyl (C=O) groups excluding carboxylic acids is 2. The van der Waals surface area contributed by atoms with E-state index in [0.29, 0.717) is 49.2 Å². The number of carbonyl (C=O) groups is 2.